The number of ketones is 2. The molecule has 4 amide bonds. The molecule has 12 nitrogen and oxygen atoms in total. The van der Waals surface area contributed by atoms with Crippen molar-refractivity contribution in [3.8, 4) is 22.5 Å². The highest BCUT2D eigenvalue weighted by Crippen LogP contribution is 2.28. The van der Waals surface area contributed by atoms with Crippen molar-refractivity contribution in [2.75, 3.05) is 23.7 Å². The zero-order valence-corrected chi connectivity index (χ0v) is 28.7. The van der Waals surface area contributed by atoms with Crippen LogP contribution in [-0.4, -0.2) is 80.4 Å². The lowest BCUT2D eigenvalue weighted by Crippen LogP contribution is -2.46. The van der Waals surface area contributed by atoms with Gasteiger partial charge in [0, 0.05) is 41.2 Å². The Kier molecular flexibility index (Phi) is 10.0. The Morgan fingerprint density at radius 2 is 1.00 bits per heavy atom. The molecule has 0 bridgehead atoms. The van der Waals surface area contributed by atoms with Crippen LogP contribution in [0.2, 0.25) is 0 Å². The maximum Gasteiger partial charge on any atom is 0.295 e. The number of carbonyl (C=O) groups is 6. The third-order valence-electron chi connectivity index (χ3n) is 9.58. The molecule has 1 aromatic heterocycles. The molecule has 0 saturated carbocycles. The van der Waals surface area contributed by atoms with Crippen molar-refractivity contribution in [1.82, 2.24) is 20.0 Å². The van der Waals surface area contributed by atoms with Gasteiger partial charge in [-0.2, -0.15) is 5.10 Å². The van der Waals surface area contributed by atoms with E-state index in [9.17, 15) is 28.8 Å². The van der Waals surface area contributed by atoms with Gasteiger partial charge in [-0.3, -0.25) is 33.9 Å². The molecule has 2 aliphatic rings. The summed E-state index contributed by atoms with van der Waals surface area (Å²) in [5.74, 6) is -3.31. The number of H-pyrrole nitrogens is 1. The van der Waals surface area contributed by atoms with Gasteiger partial charge in [-0.15, -0.1) is 0 Å². The molecule has 266 valence electrons. The predicted octanol–water partition coefficient (Wildman–Crippen LogP) is 5.37. The molecule has 12 heteroatoms. The summed E-state index contributed by atoms with van der Waals surface area (Å²) >= 11 is 0. The molecule has 7 rings (SSSR count). The molecule has 3 N–H and O–H groups in total. The first kappa shape index (κ1) is 34.7. The van der Waals surface area contributed by atoms with E-state index >= 15 is 0 Å². The van der Waals surface area contributed by atoms with Crippen molar-refractivity contribution in [2.45, 2.75) is 37.8 Å². The van der Waals surface area contributed by atoms with Gasteiger partial charge < -0.3 is 20.4 Å². The van der Waals surface area contributed by atoms with Gasteiger partial charge >= 0.3 is 0 Å². The van der Waals surface area contributed by atoms with Crippen LogP contribution in [-0.2, 0) is 19.2 Å². The zero-order valence-electron chi connectivity index (χ0n) is 28.7. The van der Waals surface area contributed by atoms with E-state index in [1.807, 2.05) is 30.3 Å². The van der Waals surface area contributed by atoms with Crippen LogP contribution in [0.1, 0.15) is 46.4 Å². The number of nitrogens with one attached hydrogen (secondary N) is 3. The van der Waals surface area contributed by atoms with Crippen LogP contribution in [0, 0.1) is 0 Å². The Hall–Kier alpha value is -6.69. The average Bonchev–Trinajstić information content (AvgIpc) is 4.00. The quantitative estimate of drug-likeness (QED) is 0.130. The van der Waals surface area contributed by atoms with Gasteiger partial charge in [-0.1, -0.05) is 84.9 Å². The van der Waals surface area contributed by atoms with Gasteiger partial charge in [-0.25, -0.2) is 0 Å². The summed E-state index contributed by atoms with van der Waals surface area (Å²) in [5, 5.41) is 13.2. The lowest BCUT2D eigenvalue weighted by molar-refractivity contribution is -0.132. The van der Waals surface area contributed by atoms with E-state index in [0.717, 1.165) is 16.8 Å². The number of carbonyl (C=O) groups excluding carboxylic acids is 6. The minimum atomic E-state index is -0.736. The molecule has 0 radical (unpaired) electrons. The number of hydrogen-bond acceptors (Lipinski definition) is 7. The van der Waals surface area contributed by atoms with Gasteiger partial charge in [0.25, 0.3) is 11.8 Å². The van der Waals surface area contributed by atoms with E-state index in [1.165, 1.54) is 9.80 Å². The number of nitrogens with zero attached hydrogens (tertiary/aromatic N) is 3. The molecule has 3 heterocycles. The van der Waals surface area contributed by atoms with Crippen molar-refractivity contribution in [1.29, 1.82) is 0 Å². The number of anilines is 2. The Bertz CT molecular complexity index is 2010. The first-order valence-electron chi connectivity index (χ1n) is 17.5. The van der Waals surface area contributed by atoms with Crippen molar-refractivity contribution < 1.29 is 28.8 Å². The standard InChI is InChI=1S/C41H36N6O6/c48-36(28-9-3-1-4-10-28)40(52)46-23-7-13-34(46)38(50)42-30-19-15-26(16-20-30)32-25-33(45-44-32)27-17-21-31(22-18-27)43-39(51)35-14-8-24-47(35)41(53)37(49)29-11-5-2-6-12-29/h1-6,9-12,15-22,25,34-35H,7-8,13-14,23-24H2,(H,42,50)(H,43,51)(H,44,45)/t34-,35-/m0/s1. The van der Waals surface area contributed by atoms with E-state index in [2.05, 4.69) is 20.8 Å². The Labute approximate surface area is 305 Å². The summed E-state index contributed by atoms with van der Waals surface area (Å²) in [6.45, 7) is 0.682. The van der Waals surface area contributed by atoms with Gasteiger partial charge in [0.2, 0.25) is 23.4 Å². The van der Waals surface area contributed by atoms with Crippen LogP contribution >= 0.6 is 0 Å². The molecule has 2 saturated heterocycles. The predicted molar refractivity (Wildman–Crippen MR) is 198 cm³/mol. The maximum absolute atomic E-state index is 13.2. The number of aromatic amines is 1. The first-order valence-corrected chi connectivity index (χ1v) is 17.5. The monoisotopic (exact) mass is 708 g/mol. The average molecular weight is 709 g/mol. The van der Waals surface area contributed by atoms with Gasteiger partial charge in [-0.05, 0) is 61.6 Å². The summed E-state index contributed by atoms with van der Waals surface area (Å²) < 4.78 is 0. The summed E-state index contributed by atoms with van der Waals surface area (Å²) in [6.07, 6.45) is 2.20. The molecule has 0 unspecified atom stereocenters. The molecule has 4 aromatic carbocycles. The van der Waals surface area contributed by atoms with E-state index < -0.39 is 35.5 Å². The fourth-order valence-corrected chi connectivity index (χ4v) is 6.78. The lowest BCUT2D eigenvalue weighted by Gasteiger charge is -2.23. The third-order valence-corrected chi connectivity index (χ3v) is 9.58. The van der Waals surface area contributed by atoms with E-state index in [-0.39, 0.29) is 11.8 Å². The number of likely N-dealkylation sites (tertiary alicyclic amines) is 2. The molecule has 5 aromatic rings. The smallest absolute Gasteiger partial charge is 0.295 e. The van der Waals surface area contributed by atoms with Crippen LogP contribution in [0.3, 0.4) is 0 Å². The fourth-order valence-electron chi connectivity index (χ4n) is 6.78. The SMILES string of the molecule is O=C(C(=O)N1CCC[C@H]1C(=O)Nc1ccc(-c2cc(-c3ccc(NC(=O)[C@@H]4CCCN4C(=O)C(=O)c4ccccc4)cc3)[nH]n2)cc1)c1ccccc1. The number of rotatable bonds is 10. The van der Waals surface area contributed by atoms with Gasteiger partial charge in [0.1, 0.15) is 12.1 Å². The highest BCUT2D eigenvalue weighted by Gasteiger charge is 2.38. The molecule has 0 aliphatic carbocycles. The van der Waals surface area contributed by atoms with Crippen LogP contribution < -0.4 is 10.6 Å². The molecule has 2 fully saturated rings. The second kappa shape index (κ2) is 15.3. The van der Waals surface area contributed by atoms with Crippen molar-refractivity contribution >= 4 is 46.6 Å². The normalized spacial score (nSPS) is 16.6. The van der Waals surface area contributed by atoms with Crippen LogP contribution in [0.4, 0.5) is 11.4 Å². The second-order valence-electron chi connectivity index (χ2n) is 13.0. The van der Waals surface area contributed by atoms with Crippen LogP contribution in [0.15, 0.2) is 115 Å². The zero-order chi connectivity index (χ0) is 36.9. The van der Waals surface area contributed by atoms with Crippen molar-refractivity contribution in [3.05, 3.63) is 126 Å². The molecule has 2 atom stereocenters. The highest BCUT2D eigenvalue weighted by molar-refractivity contribution is 6.43. The summed E-state index contributed by atoms with van der Waals surface area (Å²) in [5.41, 5.74) is 4.76. The number of hydrogen-bond donors (Lipinski definition) is 3. The summed E-state index contributed by atoms with van der Waals surface area (Å²) in [7, 11) is 0. The molecule has 2 aliphatic heterocycles. The Balaban J connectivity index is 0.941. The van der Waals surface area contributed by atoms with Crippen LogP contribution in [0.5, 0.6) is 0 Å². The molecular formula is C41H36N6O6. The first-order chi connectivity index (χ1) is 25.8. The highest BCUT2D eigenvalue weighted by atomic mass is 16.2. The number of Topliss-reactive ketones (excluding diaryl/α,β-unsaturated/α-hetero) is 2. The topological polar surface area (TPSA) is 162 Å². The van der Waals surface area contributed by atoms with Crippen molar-refractivity contribution in [3.63, 3.8) is 0 Å². The number of aromatic nitrogens is 2. The van der Waals surface area contributed by atoms with E-state index in [0.29, 0.717) is 67.0 Å². The summed E-state index contributed by atoms with van der Waals surface area (Å²) in [6, 6.07) is 31.4. The minimum Gasteiger partial charge on any atom is -0.324 e. The van der Waals surface area contributed by atoms with Crippen LogP contribution in [0.25, 0.3) is 22.5 Å². The molecule has 0 spiro atoms. The van der Waals surface area contributed by atoms with Gasteiger partial charge in [0.05, 0.1) is 11.4 Å². The third kappa shape index (κ3) is 7.52. The second-order valence-corrected chi connectivity index (χ2v) is 13.0. The largest absolute Gasteiger partial charge is 0.324 e. The van der Waals surface area contributed by atoms with Crippen molar-refractivity contribution in [2.24, 2.45) is 0 Å². The lowest BCUT2D eigenvalue weighted by atomic mass is 10.1. The summed E-state index contributed by atoms with van der Waals surface area (Å²) in [4.78, 5) is 80.5. The minimum absolute atomic E-state index is 0.294. The maximum atomic E-state index is 13.2. The van der Waals surface area contributed by atoms with Gasteiger partial charge in [0.15, 0.2) is 0 Å². The molecule has 53 heavy (non-hydrogen) atoms. The number of benzene rings is 4. The Morgan fingerprint density at radius 3 is 1.45 bits per heavy atom. The number of amides is 4. The van der Waals surface area contributed by atoms with E-state index in [4.69, 9.17) is 0 Å². The molecular weight excluding hydrogens is 672 g/mol. The van der Waals surface area contributed by atoms with E-state index in [1.54, 1.807) is 84.9 Å². The Morgan fingerprint density at radius 1 is 0.566 bits per heavy atom. The fraction of sp³-hybridized carbons (Fsp3) is 0.195.